The minimum Gasteiger partial charge on any atom is -0.494 e. The van der Waals surface area contributed by atoms with Gasteiger partial charge in [-0.1, -0.05) is 6.07 Å². The van der Waals surface area contributed by atoms with Crippen LogP contribution < -0.4 is 9.47 Å². The molecule has 0 bridgehead atoms. The molecule has 0 radical (unpaired) electrons. The van der Waals surface area contributed by atoms with Crippen molar-refractivity contribution in [3.63, 3.8) is 0 Å². The molecule has 3 aliphatic rings. The second kappa shape index (κ2) is 11.7. The summed E-state index contributed by atoms with van der Waals surface area (Å²) in [5.41, 5.74) is 2.73. The molecule has 232 valence electrons. The highest BCUT2D eigenvalue weighted by atomic mass is 19.1. The van der Waals surface area contributed by atoms with Crippen LogP contribution in [0.5, 0.6) is 11.6 Å². The van der Waals surface area contributed by atoms with Gasteiger partial charge >= 0.3 is 5.97 Å². The topological polar surface area (TPSA) is 112 Å². The Hall–Kier alpha value is -4.60. The van der Waals surface area contributed by atoms with Crippen molar-refractivity contribution in [3.05, 3.63) is 82.3 Å². The number of imidazole rings is 1. The quantitative estimate of drug-likeness (QED) is 0.237. The molecule has 12 heteroatoms. The van der Waals surface area contributed by atoms with Crippen LogP contribution in [-0.2, 0) is 29.2 Å². The molecule has 1 saturated carbocycles. The van der Waals surface area contributed by atoms with E-state index in [1.54, 1.807) is 19.2 Å². The van der Waals surface area contributed by atoms with E-state index in [9.17, 15) is 13.6 Å². The van der Waals surface area contributed by atoms with Crippen LogP contribution in [-0.4, -0.2) is 65.4 Å². The Labute approximate surface area is 258 Å². The predicted octanol–water partition coefficient (Wildman–Crippen LogP) is 4.59. The molecule has 2 saturated heterocycles. The summed E-state index contributed by atoms with van der Waals surface area (Å²) in [4.78, 5) is 24.1. The van der Waals surface area contributed by atoms with Gasteiger partial charge < -0.3 is 23.5 Å². The molecule has 2 aromatic carbocycles. The SMILES string of the molecule is COC(=O)c1cc(OC)c2nc(CN3C[C@@H]4C(c5nc(OCc6ccc(C#N)cc6F)ccc5F)[C@@H]4C3)n(C[C@@H]3CCO3)c2c1. The summed E-state index contributed by atoms with van der Waals surface area (Å²) in [6, 6.07) is 12.3. The molecule has 0 spiro atoms. The van der Waals surface area contributed by atoms with Crippen LogP contribution in [0.4, 0.5) is 8.78 Å². The number of fused-ring (bicyclic) bond motifs is 2. The van der Waals surface area contributed by atoms with E-state index in [-0.39, 0.29) is 53.3 Å². The van der Waals surface area contributed by atoms with Gasteiger partial charge in [0, 0.05) is 37.2 Å². The Kier molecular flexibility index (Phi) is 7.59. The molecule has 1 aliphatic carbocycles. The van der Waals surface area contributed by atoms with Gasteiger partial charge in [0.1, 0.15) is 35.3 Å². The van der Waals surface area contributed by atoms with E-state index in [1.165, 1.54) is 31.4 Å². The van der Waals surface area contributed by atoms with Crippen molar-refractivity contribution in [1.29, 1.82) is 5.26 Å². The molecule has 1 unspecified atom stereocenters. The lowest BCUT2D eigenvalue weighted by Gasteiger charge is -2.28. The number of benzene rings is 2. The Balaban J connectivity index is 1.06. The monoisotopic (exact) mass is 615 g/mol. The molecular formula is C33H31F2N5O5. The number of methoxy groups -OCH3 is 2. The maximum Gasteiger partial charge on any atom is 0.338 e. The van der Waals surface area contributed by atoms with Crippen LogP contribution in [0.15, 0.2) is 42.5 Å². The lowest BCUT2D eigenvalue weighted by molar-refractivity contribution is -0.0591. The van der Waals surface area contributed by atoms with Gasteiger partial charge in [0.2, 0.25) is 5.88 Å². The lowest BCUT2D eigenvalue weighted by atomic mass is 10.1. The summed E-state index contributed by atoms with van der Waals surface area (Å²) in [5.74, 6) is 0.652. The van der Waals surface area contributed by atoms with Crippen molar-refractivity contribution in [3.8, 4) is 17.7 Å². The smallest absolute Gasteiger partial charge is 0.338 e. The fourth-order valence-electron chi connectivity index (χ4n) is 6.57. The van der Waals surface area contributed by atoms with E-state index < -0.39 is 11.8 Å². The third-order valence-corrected chi connectivity index (χ3v) is 9.07. The first kappa shape index (κ1) is 29.1. The average Bonchev–Trinajstić information content (AvgIpc) is 3.33. The fraction of sp³-hybridized carbons (Fsp3) is 0.394. The number of carbonyl (C=O) groups is 1. The largest absolute Gasteiger partial charge is 0.494 e. The van der Waals surface area contributed by atoms with Gasteiger partial charge in [-0.2, -0.15) is 5.26 Å². The molecule has 10 nitrogen and oxygen atoms in total. The Bertz CT molecular complexity index is 1820. The molecule has 4 aromatic rings. The number of ether oxygens (including phenoxy) is 4. The van der Waals surface area contributed by atoms with E-state index in [0.717, 1.165) is 43.5 Å². The fourth-order valence-corrected chi connectivity index (χ4v) is 6.57. The van der Waals surface area contributed by atoms with Crippen LogP contribution in [0.2, 0.25) is 0 Å². The first-order valence-electron chi connectivity index (χ1n) is 14.8. The zero-order valence-corrected chi connectivity index (χ0v) is 24.8. The predicted molar refractivity (Wildman–Crippen MR) is 157 cm³/mol. The number of esters is 1. The summed E-state index contributed by atoms with van der Waals surface area (Å²) in [6.45, 7) is 3.34. The van der Waals surface area contributed by atoms with Crippen LogP contribution in [0.1, 0.15) is 45.3 Å². The number of likely N-dealkylation sites (tertiary alicyclic amines) is 1. The molecule has 2 aliphatic heterocycles. The molecule has 45 heavy (non-hydrogen) atoms. The Morgan fingerprint density at radius 3 is 2.56 bits per heavy atom. The van der Waals surface area contributed by atoms with Gasteiger partial charge in [-0.05, 0) is 48.6 Å². The number of carbonyl (C=O) groups excluding carboxylic acids is 1. The highest BCUT2D eigenvalue weighted by molar-refractivity contribution is 5.96. The Morgan fingerprint density at radius 2 is 1.89 bits per heavy atom. The van der Waals surface area contributed by atoms with Gasteiger partial charge in [-0.25, -0.2) is 23.5 Å². The standard InChI is InChI=1S/C33H31F2N5O5/c1-42-27-11-20(33(41)43-2)10-26-32(27)37-28(40(26)13-21-7-8-44-21)16-39-14-22-23(15-39)30(22)31-24(34)5-6-29(38-31)45-17-19-4-3-18(12-36)9-25(19)35/h3-6,9-11,21-23,30H,7-8,13-17H2,1-2H3/t21-,22-,23+,30?/m0/s1. The number of nitriles is 1. The normalized spacial score (nSPS) is 22.0. The van der Waals surface area contributed by atoms with Crippen molar-refractivity contribution < 1.29 is 32.5 Å². The van der Waals surface area contributed by atoms with Gasteiger partial charge in [0.25, 0.3) is 0 Å². The minimum atomic E-state index is -0.538. The summed E-state index contributed by atoms with van der Waals surface area (Å²) >= 11 is 0. The van der Waals surface area contributed by atoms with Crippen molar-refractivity contribution >= 4 is 17.0 Å². The zero-order chi connectivity index (χ0) is 31.2. The van der Waals surface area contributed by atoms with E-state index in [4.69, 9.17) is 29.2 Å². The third-order valence-electron chi connectivity index (χ3n) is 9.07. The summed E-state index contributed by atoms with van der Waals surface area (Å²) in [6.07, 6.45) is 1.02. The summed E-state index contributed by atoms with van der Waals surface area (Å²) in [5, 5.41) is 8.95. The molecule has 7 rings (SSSR count). The van der Waals surface area contributed by atoms with Crippen molar-refractivity contribution in [2.75, 3.05) is 33.9 Å². The molecule has 4 heterocycles. The number of aromatic nitrogens is 3. The van der Waals surface area contributed by atoms with Crippen molar-refractivity contribution in [1.82, 2.24) is 19.4 Å². The molecule has 0 N–H and O–H groups in total. The third kappa shape index (κ3) is 5.47. The number of piperidine rings is 1. The maximum atomic E-state index is 14.9. The molecule has 3 fully saturated rings. The minimum absolute atomic E-state index is 0.0265. The van der Waals surface area contributed by atoms with Crippen LogP contribution in [0, 0.1) is 34.8 Å². The molecular weight excluding hydrogens is 584 g/mol. The zero-order valence-electron chi connectivity index (χ0n) is 24.8. The first-order chi connectivity index (χ1) is 21.9. The maximum absolute atomic E-state index is 14.9. The lowest BCUT2D eigenvalue weighted by Crippen LogP contribution is -2.33. The Morgan fingerprint density at radius 1 is 1.09 bits per heavy atom. The number of pyridine rings is 1. The van der Waals surface area contributed by atoms with Crippen molar-refractivity contribution in [2.24, 2.45) is 11.8 Å². The van der Waals surface area contributed by atoms with Crippen LogP contribution >= 0.6 is 0 Å². The first-order valence-corrected chi connectivity index (χ1v) is 14.8. The number of nitrogens with zero attached hydrogens (tertiary/aromatic N) is 5. The van der Waals surface area contributed by atoms with Gasteiger partial charge in [-0.15, -0.1) is 0 Å². The second-order valence-corrected chi connectivity index (χ2v) is 11.7. The van der Waals surface area contributed by atoms with Gasteiger partial charge in [-0.3, -0.25) is 4.90 Å². The highest BCUT2D eigenvalue weighted by Gasteiger charge is 2.58. The number of hydrogen-bond acceptors (Lipinski definition) is 9. The van der Waals surface area contributed by atoms with E-state index >= 15 is 0 Å². The number of halogens is 2. The van der Waals surface area contributed by atoms with E-state index in [2.05, 4.69) is 14.5 Å². The van der Waals surface area contributed by atoms with E-state index in [1.807, 2.05) is 6.07 Å². The van der Waals surface area contributed by atoms with Gasteiger partial charge in [0.05, 0.1) is 61.8 Å². The molecule has 4 atom stereocenters. The van der Waals surface area contributed by atoms with Gasteiger partial charge in [0.15, 0.2) is 0 Å². The van der Waals surface area contributed by atoms with Crippen molar-refractivity contribution in [2.45, 2.75) is 38.1 Å². The second-order valence-electron chi connectivity index (χ2n) is 11.7. The summed E-state index contributed by atoms with van der Waals surface area (Å²) in [7, 11) is 2.90. The molecule has 2 aromatic heterocycles. The highest BCUT2D eigenvalue weighted by Crippen LogP contribution is 2.58. The summed E-state index contributed by atoms with van der Waals surface area (Å²) < 4.78 is 53.3. The number of hydrogen-bond donors (Lipinski definition) is 0. The van der Waals surface area contributed by atoms with Crippen LogP contribution in [0.3, 0.4) is 0 Å². The van der Waals surface area contributed by atoms with Crippen LogP contribution in [0.25, 0.3) is 11.0 Å². The number of rotatable bonds is 10. The average molecular weight is 616 g/mol. The molecule has 0 amide bonds. The van der Waals surface area contributed by atoms with E-state index in [0.29, 0.717) is 35.6 Å².